The Morgan fingerprint density at radius 3 is 2.61 bits per heavy atom. The number of hydrogen-bond acceptors (Lipinski definition) is 7. The Kier molecular flexibility index (Phi) is 5.66. The summed E-state index contributed by atoms with van der Waals surface area (Å²) in [4.78, 5) is 27.3. The molecule has 3 aromatic carbocycles. The van der Waals surface area contributed by atoms with Gasteiger partial charge in [0.15, 0.2) is 6.61 Å². The molecule has 1 N–H and O–H groups in total. The Morgan fingerprint density at radius 1 is 1.03 bits per heavy atom. The molecule has 9 heteroatoms. The number of nitrogens with zero attached hydrogens (tertiary/aromatic N) is 3. The second-order valence-corrected chi connectivity index (χ2v) is 6.42. The van der Waals surface area contributed by atoms with Crippen molar-refractivity contribution in [1.82, 2.24) is 10.1 Å². The van der Waals surface area contributed by atoms with Gasteiger partial charge < -0.3 is 14.6 Å². The van der Waals surface area contributed by atoms with E-state index in [9.17, 15) is 14.9 Å². The van der Waals surface area contributed by atoms with Crippen molar-refractivity contribution in [1.29, 1.82) is 0 Å². The van der Waals surface area contributed by atoms with E-state index in [-0.39, 0.29) is 23.7 Å². The van der Waals surface area contributed by atoms with Gasteiger partial charge in [0.2, 0.25) is 5.82 Å². The Hall–Kier alpha value is -4.53. The molecule has 4 rings (SSSR count). The number of aromatic nitrogens is 2. The first-order valence-electron chi connectivity index (χ1n) is 9.26. The highest BCUT2D eigenvalue weighted by atomic mass is 16.6. The maximum Gasteiger partial charge on any atom is 0.270 e. The number of nitrogens with one attached hydrogen (secondary N) is 1. The summed E-state index contributed by atoms with van der Waals surface area (Å²) < 4.78 is 11.0. The molecular weight excluding hydrogens is 400 g/mol. The van der Waals surface area contributed by atoms with Crippen molar-refractivity contribution in [2.75, 3.05) is 5.32 Å². The van der Waals surface area contributed by atoms with Crippen molar-refractivity contribution in [2.24, 2.45) is 0 Å². The van der Waals surface area contributed by atoms with E-state index >= 15 is 0 Å². The number of nitro groups is 1. The highest BCUT2D eigenvalue weighted by molar-refractivity contribution is 6.06. The molecule has 0 aliphatic heterocycles. The van der Waals surface area contributed by atoms with E-state index in [2.05, 4.69) is 15.5 Å². The van der Waals surface area contributed by atoms with Gasteiger partial charge in [0.1, 0.15) is 5.75 Å². The number of non-ortho nitro benzene ring substituents is 1. The zero-order chi connectivity index (χ0) is 21.6. The van der Waals surface area contributed by atoms with E-state index in [0.29, 0.717) is 22.8 Å². The average Bonchev–Trinajstić information content (AvgIpc) is 3.28. The topological polar surface area (TPSA) is 120 Å². The lowest BCUT2D eigenvalue weighted by atomic mass is 10.1. The van der Waals surface area contributed by atoms with Crippen molar-refractivity contribution < 1.29 is 19.0 Å². The van der Waals surface area contributed by atoms with Crippen LogP contribution in [0.4, 0.5) is 11.4 Å². The molecule has 0 bridgehead atoms. The SMILES string of the molecule is O=C(Nc1ccccc1-c1nc(COc2ccccc2)no1)c1cccc([N+](=O)[O-])c1. The lowest BCUT2D eigenvalue weighted by molar-refractivity contribution is -0.384. The molecule has 0 unspecified atom stereocenters. The quantitative estimate of drug-likeness (QED) is 0.348. The Bertz CT molecular complexity index is 1220. The Balaban J connectivity index is 1.51. The predicted molar refractivity (Wildman–Crippen MR) is 112 cm³/mol. The number of anilines is 1. The van der Waals surface area contributed by atoms with Crippen LogP contribution < -0.4 is 10.1 Å². The number of hydrogen-bond donors (Lipinski definition) is 1. The summed E-state index contributed by atoms with van der Waals surface area (Å²) in [6.07, 6.45) is 0. The number of carbonyl (C=O) groups excluding carboxylic acids is 1. The van der Waals surface area contributed by atoms with Gasteiger partial charge in [0.05, 0.1) is 16.2 Å². The number of rotatable bonds is 7. The molecule has 0 radical (unpaired) electrons. The number of carbonyl (C=O) groups is 1. The molecule has 1 aromatic heterocycles. The summed E-state index contributed by atoms with van der Waals surface area (Å²) in [6, 6.07) is 21.6. The normalized spacial score (nSPS) is 10.5. The molecule has 9 nitrogen and oxygen atoms in total. The zero-order valence-electron chi connectivity index (χ0n) is 16.1. The molecule has 154 valence electrons. The second kappa shape index (κ2) is 8.87. The molecule has 0 spiro atoms. The molecule has 0 saturated carbocycles. The molecule has 4 aromatic rings. The summed E-state index contributed by atoms with van der Waals surface area (Å²) in [6.45, 7) is 0.121. The van der Waals surface area contributed by atoms with E-state index in [1.807, 2.05) is 30.3 Å². The largest absolute Gasteiger partial charge is 0.485 e. The van der Waals surface area contributed by atoms with Crippen molar-refractivity contribution in [3.05, 3.63) is 100 Å². The fraction of sp³-hybridized carbons (Fsp3) is 0.0455. The van der Waals surface area contributed by atoms with Crippen molar-refractivity contribution in [3.63, 3.8) is 0 Å². The van der Waals surface area contributed by atoms with Crippen LogP contribution in [0.25, 0.3) is 11.5 Å². The minimum absolute atomic E-state index is 0.121. The summed E-state index contributed by atoms with van der Waals surface area (Å²) in [7, 11) is 0. The van der Waals surface area contributed by atoms with Crippen molar-refractivity contribution >= 4 is 17.3 Å². The fourth-order valence-electron chi connectivity index (χ4n) is 2.82. The van der Waals surface area contributed by atoms with Crippen LogP contribution >= 0.6 is 0 Å². The molecule has 31 heavy (non-hydrogen) atoms. The fourth-order valence-corrected chi connectivity index (χ4v) is 2.82. The first kappa shape index (κ1) is 19.8. The van der Waals surface area contributed by atoms with E-state index in [0.717, 1.165) is 0 Å². The maximum absolute atomic E-state index is 12.6. The standard InChI is InChI=1S/C22H16N4O5/c27-21(15-7-6-8-16(13-15)26(28)29)23-19-12-5-4-11-18(19)22-24-20(25-31-22)14-30-17-9-2-1-3-10-17/h1-13H,14H2,(H,23,27). The third kappa shape index (κ3) is 4.73. The smallest absolute Gasteiger partial charge is 0.270 e. The zero-order valence-corrected chi connectivity index (χ0v) is 16.1. The number of amides is 1. The Morgan fingerprint density at radius 2 is 1.81 bits per heavy atom. The third-order valence-electron chi connectivity index (χ3n) is 4.30. The molecule has 1 amide bonds. The van der Waals surface area contributed by atoms with Gasteiger partial charge >= 0.3 is 0 Å². The molecule has 0 aliphatic carbocycles. The van der Waals surface area contributed by atoms with Crippen molar-refractivity contribution in [3.8, 4) is 17.2 Å². The first-order chi connectivity index (χ1) is 15.1. The Labute approximate surface area is 176 Å². The van der Waals surface area contributed by atoms with Crippen LogP contribution in [-0.2, 0) is 6.61 Å². The van der Waals surface area contributed by atoms with Crippen LogP contribution in [0.5, 0.6) is 5.75 Å². The van der Waals surface area contributed by atoms with Gasteiger partial charge in [-0.1, -0.05) is 41.6 Å². The molecule has 0 fully saturated rings. The number of nitro benzene ring substituents is 1. The monoisotopic (exact) mass is 416 g/mol. The average molecular weight is 416 g/mol. The summed E-state index contributed by atoms with van der Waals surface area (Å²) >= 11 is 0. The van der Waals surface area contributed by atoms with Crippen LogP contribution in [0, 0.1) is 10.1 Å². The van der Waals surface area contributed by atoms with Gasteiger partial charge in [0.25, 0.3) is 17.5 Å². The van der Waals surface area contributed by atoms with Gasteiger partial charge in [-0.05, 0) is 30.3 Å². The minimum atomic E-state index is -0.553. The number of ether oxygens (including phenoxy) is 1. The van der Waals surface area contributed by atoms with Crippen LogP contribution in [-0.4, -0.2) is 21.0 Å². The molecule has 0 saturated heterocycles. The highest BCUT2D eigenvalue weighted by Crippen LogP contribution is 2.27. The van der Waals surface area contributed by atoms with E-state index in [4.69, 9.17) is 9.26 Å². The summed E-state index contributed by atoms with van der Waals surface area (Å²) in [5, 5.41) is 17.6. The van der Waals surface area contributed by atoms with Gasteiger partial charge in [-0.2, -0.15) is 4.98 Å². The van der Waals surface area contributed by atoms with Crippen molar-refractivity contribution in [2.45, 2.75) is 6.61 Å². The van der Waals surface area contributed by atoms with E-state index in [1.165, 1.54) is 24.3 Å². The van der Waals surface area contributed by atoms with Crippen LogP contribution in [0.2, 0.25) is 0 Å². The molecule has 1 heterocycles. The van der Waals surface area contributed by atoms with Crippen LogP contribution in [0.1, 0.15) is 16.2 Å². The van der Waals surface area contributed by atoms with Gasteiger partial charge in [-0.25, -0.2) is 0 Å². The van der Waals surface area contributed by atoms with Gasteiger partial charge in [-0.3, -0.25) is 14.9 Å². The first-order valence-corrected chi connectivity index (χ1v) is 9.26. The third-order valence-corrected chi connectivity index (χ3v) is 4.30. The van der Waals surface area contributed by atoms with Crippen LogP contribution in [0.15, 0.2) is 83.4 Å². The highest BCUT2D eigenvalue weighted by Gasteiger charge is 2.17. The van der Waals surface area contributed by atoms with E-state index in [1.54, 1.807) is 24.3 Å². The minimum Gasteiger partial charge on any atom is -0.485 e. The second-order valence-electron chi connectivity index (χ2n) is 6.42. The molecule has 0 atom stereocenters. The van der Waals surface area contributed by atoms with Crippen LogP contribution in [0.3, 0.4) is 0 Å². The summed E-state index contributed by atoms with van der Waals surface area (Å²) in [5.74, 6) is 0.738. The molecule has 0 aliphatic rings. The number of para-hydroxylation sites is 2. The summed E-state index contributed by atoms with van der Waals surface area (Å²) in [5.41, 5.74) is 0.935. The van der Waals surface area contributed by atoms with E-state index < -0.39 is 10.8 Å². The predicted octanol–water partition coefficient (Wildman–Crippen LogP) is 4.48. The maximum atomic E-state index is 12.6. The number of benzene rings is 3. The molecular formula is C22H16N4O5. The van der Waals surface area contributed by atoms with Gasteiger partial charge in [-0.15, -0.1) is 0 Å². The van der Waals surface area contributed by atoms with Gasteiger partial charge in [0, 0.05) is 17.7 Å². The lowest BCUT2D eigenvalue weighted by Gasteiger charge is -2.08. The lowest BCUT2D eigenvalue weighted by Crippen LogP contribution is -2.12.